The number of thiazole rings is 1. The van der Waals surface area contributed by atoms with Crippen LogP contribution in [0.2, 0.25) is 0 Å². The number of hydrogen-bond donors (Lipinski definition) is 2. The Morgan fingerprint density at radius 2 is 2.40 bits per heavy atom. The quantitative estimate of drug-likeness (QED) is 0.717. The number of carbonyl (C=O) groups is 1. The molecule has 0 fully saturated rings. The molecule has 0 spiro atoms. The van der Waals surface area contributed by atoms with Crippen molar-refractivity contribution in [2.24, 2.45) is 0 Å². The molecule has 0 unspecified atom stereocenters. The van der Waals surface area contributed by atoms with Crippen LogP contribution in [0.15, 0.2) is 10.9 Å². The summed E-state index contributed by atoms with van der Waals surface area (Å²) in [6.45, 7) is 5.34. The highest BCUT2D eigenvalue weighted by Crippen LogP contribution is 1.99. The summed E-state index contributed by atoms with van der Waals surface area (Å²) >= 11 is 1.58. The van der Waals surface area contributed by atoms with Crippen LogP contribution in [0.3, 0.4) is 0 Å². The second-order valence-electron chi connectivity index (χ2n) is 3.63. The van der Waals surface area contributed by atoms with Crippen LogP contribution in [0, 0.1) is 0 Å². The van der Waals surface area contributed by atoms with Gasteiger partial charge in [-0.1, -0.05) is 0 Å². The number of amides is 1. The molecular formula is C10H17N3OS. The Balaban J connectivity index is 2.04. The van der Waals surface area contributed by atoms with Crippen LogP contribution >= 0.6 is 11.3 Å². The molecule has 0 aliphatic heterocycles. The molecule has 2 N–H and O–H groups in total. The van der Waals surface area contributed by atoms with Gasteiger partial charge in [0.05, 0.1) is 11.2 Å². The van der Waals surface area contributed by atoms with Crippen molar-refractivity contribution in [3.05, 3.63) is 16.6 Å². The Hall–Kier alpha value is -0.940. The van der Waals surface area contributed by atoms with Gasteiger partial charge in [0.1, 0.15) is 0 Å². The lowest BCUT2D eigenvalue weighted by atomic mass is 10.3. The van der Waals surface area contributed by atoms with Gasteiger partial charge in [-0.2, -0.15) is 0 Å². The van der Waals surface area contributed by atoms with E-state index in [0.717, 1.165) is 12.2 Å². The Kier molecular flexibility index (Phi) is 5.28. The lowest BCUT2D eigenvalue weighted by Gasteiger charge is -2.08. The number of nitrogens with one attached hydrogen (secondary N) is 2. The number of hydrogen-bond acceptors (Lipinski definition) is 4. The van der Waals surface area contributed by atoms with Crippen LogP contribution in [0.5, 0.6) is 0 Å². The number of carbonyl (C=O) groups excluding carboxylic acids is 1. The molecule has 5 heteroatoms. The molecule has 0 radical (unpaired) electrons. The lowest BCUT2D eigenvalue weighted by molar-refractivity contribution is -0.121. The Morgan fingerprint density at radius 3 is 3.00 bits per heavy atom. The van der Waals surface area contributed by atoms with Crippen LogP contribution in [0.4, 0.5) is 0 Å². The predicted octanol–water partition coefficient (Wildman–Crippen LogP) is 1.15. The van der Waals surface area contributed by atoms with E-state index in [1.54, 1.807) is 11.3 Å². The van der Waals surface area contributed by atoms with Crippen molar-refractivity contribution in [1.82, 2.24) is 15.6 Å². The van der Waals surface area contributed by atoms with Gasteiger partial charge in [0.2, 0.25) is 5.91 Å². The van der Waals surface area contributed by atoms with E-state index in [1.807, 2.05) is 24.7 Å². The van der Waals surface area contributed by atoms with Gasteiger partial charge in [0, 0.05) is 30.9 Å². The van der Waals surface area contributed by atoms with Crippen molar-refractivity contribution >= 4 is 17.2 Å². The summed E-state index contributed by atoms with van der Waals surface area (Å²) in [5.41, 5.74) is 2.84. The molecular weight excluding hydrogens is 210 g/mol. The molecule has 0 bridgehead atoms. The largest absolute Gasteiger partial charge is 0.354 e. The third-order valence-corrected chi connectivity index (χ3v) is 2.40. The van der Waals surface area contributed by atoms with E-state index in [4.69, 9.17) is 0 Å². The van der Waals surface area contributed by atoms with Gasteiger partial charge in [-0.05, 0) is 13.8 Å². The van der Waals surface area contributed by atoms with Crippen LogP contribution < -0.4 is 10.6 Å². The molecule has 84 valence electrons. The molecule has 4 nitrogen and oxygen atoms in total. The number of nitrogens with zero attached hydrogens (tertiary/aromatic N) is 1. The first-order chi connectivity index (χ1) is 7.18. The fourth-order valence-electron chi connectivity index (χ4n) is 1.14. The second-order valence-corrected chi connectivity index (χ2v) is 4.35. The average Bonchev–Trinajstić information content (AvgIpc) is 2.63. The molecule has 1 aromatic rings. The molecule has 0 saturated heterocycles. The van der Waals surface area contributed by atoms with Crippen molar-refractivity contribution in [2.45, 2.75) is 32.9 Å². The number of rotatable bonds is 6. The molecule has 0 aliphatic rings. The second kappa shape index (κ2) is 6.53. The number of aromatic nitrogens is 1. The summed E-state index contributed by atoms with van der Waals surface area (Å²) in [5, 5.41) is 8.02. The van der Waals surface area contributed by atoms with Crippen molar-refractivity contribution in [3.63, 3.8) is 0 Å². The standard InChI is InChI=1S/C10H17N3OS/c1-8(2)13-10(14)3-4-11-5-9-6-15-7-12-9/h6-8,11H,3-5H2,1-2H3,(H,13,14). The maximum atomic E-state index is 11.3. The molecule has 15 heavy (non-hydrogen) atoms. The predicted molar refractivity (Wildman–Crippen MR) is 61.7 cm³/mol. The minimum absolute atomic E-state index is 0.0933. The summed E-state index contributed by atoms with van der Waals surface area (Å²) in [6.07, 6.45) is 0.516. The molecule has 0 aromatic carbocycles. The van der Waals surface area contributed by atoms with Gasteiger partial charge < -0.3 is 10.6 Å². The minimum Gasteiger partial charge on any atom is -0.354 e. The third-order valence-electron chi connectivity index (χ3n) is 1.77. The molecule has 1 rings (SSSR count). The summed E-state index contributed by atoms with van der Waals surface area (Å²) in [5.74, 6) is 0.0933. The van der Waals surface area contributed by atoms with Crippen LogP contribution in [0.25, 0.3) is 0 Å². The van der Waals surface area contributed by atoms with Crippen molar-refractivity contribution < 1.29 is 4.79 Å². The SMILES string of the molecule is CC(C)NC(=O)CCNCc1cscn1. The summed E-state index contributed by atoms with van der Waals surface area (Å²) in [7, 11) is 0. The van der Waals surface area contributed by atoms with Crippen molar-refractivity contribution in [3.8, 4) is 0 Å². The highest BCUT2D eigenvalue weighted by Gasteiger charge is 2.02. The monoisotopic (exact) mass is 227 g/mol. The van der Waals surface area contributed by atoms with Crippen molar-refractivity contribution in [1.29, 1.82) is 0 Å². The highest BCUT2D eigenvalue weighted by molar-refractivity contribution is 7.07. The summed E-state index contributed by atoms with van der Waals surface area (Å²) < 4.78 is 0. The van der Waals surface area contributed by atoms with Gasteiger partial charge in [0.15, 0.2) is 0 Å². The van der Waals surface area contributed by atoms with E-state index in [1.165, 1.54) is 0 Å². The topological polar surface area (TPSA) is 54.0 Å². The Morgan fingerprint density at radius 1 is 1.60 bits per heavy atom. The Bertz CT molecular complexity index is 285. The highest BCUT2D eigenvalue weighted by atomic mass is 32.1. The molecule has 0 aliphatic carbocycles. The summed E-state index contributed by atoms with van der Waals surface area (Å²) in [6, 6.07) is 0.219. The van der Waals surface area contributed by atoms with E-state index < -0.39 is 0 Å². The molecule has 1 aromatic heterocycles. The maximum absolute atomic E-state index is 11.3. The normalized spacial score (nSPS) is 10.6. The molecule has 1 heterocycles. The zero-order chi connectivity index (χ0) is 11.1. The van der Waals surface area contributed by atoms with Gasteiger partial charge in [-0.15, -0.1) is 11.3 Å². The third kappa shape index (κ3) is 5.49. The van der Waals surface area contributed by atoms with Gasteiger partial charge in [-0.3, -0.25) is 4.79 Å². The van der Waals surface area contributed by atoms with E-state index in [2.05, 4.69) is 15.6 Å². The van der Waals surface area contributed by atoms with Crippen molar-refractivity contribution in [2.75, 3.05) is 6.54 Å². The van der Waals surface area contributed by atoms with Crippen LogP contribution in [0.1, 0.15) is 26.0 Å². The van der Waals surface area contributed by atoms with Crippen LogP contribution in [-0.2, 0) is 11.3 Å². The van der Waals surface area contributed by atoms with E-state index in [-0.39, 0.29) is 11.9 Å². The van der Waals surface area contributed by atoms with E-state index in [0.29, 0.717) is 13.0 Å². The zero-order valence-corrected chi connectivity index (χ0v) is 9.93. The van der Waals surface area contributed by atoms with E-state index in [9.17, 15) is 4.79 Å². The van der Waals surface area contributed by atoms with Gasteiger partial charge in [-0.25, -0.2) is 4.98 Å². The van der Waals surface area contributed by atoms with E-state index >= 15 is 0 Å². The molecule has 0 saturated carbocycles. The van der Waals surface area contributed by atoms with Gasteiger partial charge in [0.25, 0.3) is 0 Å². The maximum Gasteiger partial charge on any atom is 0.221 e. The van der Waals surface area contributed by atoms with Crippen LogP contribution in [-0.4, -0.2) is 23.5 Å². The first-order valence-corrected chi connectivity index (χ1v) is 6.00. The fraction of sp³-hybridized carbons (Fsp3) is 0.600. The summed E-state index contributed by atoms with van der Waals surface area (Å²) in [4.78, 5) is 15.4. The molecule has 0 atom stereocenters. The Labute approximate surface area is 94.1 Å². The average molecular weight is 227 g/mol. The van der Waals surface area contributed by atoms with Gasteiger partial charge >= 0.3 is 0 Å². The minimum atomic E-state index is 0.0933. The first kappa shape index (κ1) is 12.1. The zero-order valence-electron chi connectivity index (χ0n) is 9.12. The smallest absolute Gasteiger partial charge is 0.221 e. The first-order valence-electron chi connectivity index (χ1n) is 5.05. The lowest BCUT2D eigenvalue weighted by Crippen LogP contribution is -2.32. The molecule has 1 amide bonds. The fourth-order valence-corrected chi connectivity index (χ4v) is 1.70.